The first-order valence-electron chi connectivity index (χ1n) is 8.51. The Morgan fingerprint density at radius 3 is 2.59 bits per heavy atom. The van der Waals surface area contributed by atoms with E-state index < -0.39 is 20.0 Å². The lowest BCUT2D eigenvalue weighted by Crippen LogP contribution is -2.38. The van der Waals surface area contributed by atoms with Gasteiger partial charge in [-0.15, -0.1) is 0 Å². The third kappa shape index (κ3) is 4.19. The Balaban J connectivity index is 1.97. The van der Waals surface area contributed by atoms with E-state index in [1.807, 2.05) is 0 Å². The summed E-state index contributed by atoms with van der Waals surface area (Å²) in [5.41, 5.74) is 1.26. The largest absolute Gasteiger partial charge is 0.497 e. The molecular weight excluding hydrogens is 388 g/mol. The Bertz CT molecular complexity index is 1050. The molecule has 0 radical (unpaired) electrons. The highest BCUT2D eigenvalue weighted by Crippen LogP contribution is 2.29. The van der Waals surface area contributed by atoms with Crippen LogP contribution < -0.4 is 13.8 Å². The topological polar surface area (TPSA) is 92.8 Å². The molecule has 1 aliphatic rings. The second-order valence-corrected chi connectivity index (χ2v) is 10.0. The molecular formula is C18H22N2O5S2. The van der Waals surface area contributed by atoms with Crippen LogP contribution in [-0.2, 0) is 20.0 Å². The van der Waals surface area contributed by atoms with E-state index in [0.29, 0.717) is 35.7 Å². The minimum Gasteiger partial charge on any atom is -0.497 e. The molecule has 1 N–H and O–H groups in total. The van der Waals surface area contributed by atoms with Gasteiger partial charge in [0.25, 0.3) is 10.0 Å². The van der Waals surface area contributed by atoms with Crippen LogP contribution in [-0.4, -0.2) is 36.2 Å². The highest BCUT2D eigenvalue weighted by atomic mass is 32.2. The highest BCUT2D eigenvalue weighted by Gasteiger charge is 2.28. The number of sulfonamides is 2. The second kappa shape index (κ2) is 7.40. The molecule has 2 aromatic rings. The van der Waals surface area contributed by atoms with E-state index in [-0.39, 0.29) is 10.6 Å². The van der Waals surface area contributed by atoms with Crippen LogP contribution in [0.2, 0.25) is 0 Å². The Kier molecular flexibility index (Phi) is 5.34. The fourth-order valence-electron chi connectivity index (χ4n) is 3.01. The monoisotopic (exact) mass is 410 g/mol. The standard InChI is InChI=1S/C18H22N2O5S2/c1-14-8-9-16(20-10-3-4-11-26(20,21)22)13-18(14)27(23,24)19-15-6-5-7-17(12-15)25-2/h5-9,12-13,19H,3-4,10-11H2,1-2H3. The average Bonchev–Trinajstić information content (AvgIpc) is 2.61. The van der Waals surface area contributed by atoms with Crippen molar-refractivity contribution in [2.24, 2.45) is 0 Å². The summed E-state index contributed by atoms with van der Waals surface area (Å²) in [4.78, 5) is 0.0450. The number of nitrogens with one attached hydrogen (secondary N) is 1. The SMILES string of the molecule is COc1cccc(NS(=O)(=O)c2cc(N3CCCCS3(=O)=O)ccc2C)c1. The Morgan fingerprint density at radius 1 is 1.11 bits per heavy atom. The quantitative estimate of drug-likeness (QED) is 0.818. The third-order valence-electron chi connectivity index (χ3n) is 4.42. The zero-order chi connectivity index (χ0) is 19.7. The minimum absolute atomic E-state index is 0.0450. The van der Waals surface area contributed by atoms with Gasteiger partial charge in [0.2, 0.25) is 10.0 Å². The molecule has 0 bridgehead atoms. The Morgan fingerprint density at radius 2 is 1.89 bits per heavy atom. The summed E-state index contributed by atoms with van der Waals surface area (Å²) in [6.07, 6.45) is 1.37. The summed E-state index contributed by atoms with van der Waals surface area (Å²) in [6.45, 7) is 2.03. The number of hydrogen-bond donors (Lipinski definition) is 1. The van der Waals surface area contributed by atoms with Crippen molar-refractivity contribution in [1.29, 1.82) is 0 Å². The van der Waals surface area contributed by atoms with Gasteiger partial charge in [-0.25, -0.2) is 16.8 Å². The molecule has 0 spiro atoms. The van der Waals surface area contributed by atoms with Gasteiger partial charge in [0.15, 0.2) is 0 Å². The van der Waals surface area contributed by atoms with Gasteiger partial charge in [0.1, 0.15) is 5.75 Å². The maximum atomic E-state index is 12.9. The third-order valence-corrected chi connectivity index (χ3v) is 7.81. The van der Waals surface area contributed by atoms with Crippen molar-refractivity contribution in [3.63, 3.8) is 0 Å². The van der Waals surface area contributed by atoms with Crippen molar-refractivity contribution < 1.29 is 21.6 Å². The van der Waals surface area contributed by atoms with Gasteiger partial charge < -0.3 is 4.74 Å². The normalized spacial score (nSPS) is 16.7. The van der Waals surface area contributed by atoms with E-state index in [1.54, 1.807) is 43.3 Å². The van der Waals surface area contributed by atoms with Crippen molar-refractivity contribution in [2.45, 2.75) is 24.7 Å². The second-order valence-electron chi connectivity index (χ2n) is 6.38. The molecule has 0 aromatic heterocycles. The van der Waals surface area contributed by atoms with E-state index in [9.17, 15) is 16.8 Å². The minimum atomic E-state index is -3.89. The maximum Gasteiger partial charge on any atom is 0.262 e. The van der Waals surface area contributed by atoms with E-state index in [0.717, 1.165) is 6.42 Å². The molecule has 3 rings (SSSR count). The first-order valence-corrected chi connectivity index (χ1v) is 11.6. The fraction of sp³-hybridized carbons (Fsp3) is 0.333. The number of nitrogens with zero attached hydrogens (tertiary/aromatic N) is 1. The highest BCUT2D eigenvalue weighted by molar-refractivity contribution is 7.93. The number of aryl methyl sites for hydroxylation is 1. The zero-order valence-electron chi connectivity index (χ0n) is 15.2. The van der Waals surface area contributed by atoms with Crippen LogP contribution in [0, 0.1) is 6.92 Å². The number of ether oxygens (including phenoxy) is 1. The van der Waals surface area contributed by atoms with E-state index in [2.05, 4.69) is 4.72 Å². The lowest BCUT2D eigenvalue weighted by atomic mass is 10.2. The first-order chi connectivity index (χ1) is 12.7. The molecule has 1 heterocycles. The lowest BCUT2D eigenvalue weighted by molar-refractivity contribution is 0.415. The van der Waals surface area contributed by atoms with Crippen LogP contribution in [0.25, 0.3) is 0 Å². The van der Waals surface area contributed by atoms with Gasteiger partial charge in [-0.2, -0.15) is 0 Å². The average molecular weight is 411 g/mol. The summed E-state index contributed by atoms with van der Waals surface area (Å²) < 4.78 is 59.4. The molecule has 0 unspecified atom stereocenters. The summed E-state index contributed by atoms with van der Waals surface area (Å²) in [6, 6.07) is 11.3. The van der Waals surface area contributed by atoms with E-state index in [4.69, 9.17) is 4.74 Å². The predicted molar refractivity (Wildman–Crippen MR) is 105 cm³/mol. The Labute approximate surface area is 160 Å². The van der Waals surface area contributed by atoms with E-state index >= 15 is 0 Å². The molecule has 1 aliphatic heterocycles. The van der Waals surface area contributed by atoms with Crippen LogP contribution in [0.3, 0.4) is 0 Å². The van der Waals surface area contributed by atoms with Gasteiger partial charge in [-0.3, -0.25) is 9.03 Å². The number of hydrogen-bond acceptors (Lipinski definition) is 5. The summed E-state index contributed by atoms with van der Waals surface area (Å²) in [5, 5.41) is 0. The molecule has 7 nitrogen and oxygen atoms in total. The summed E-state index contributed by atoms with van der Waals surface area (Å²) in [7, 11) is -5.81. The molecule has 27 heavy (non-hydrogen) atoms. The number of anilines is 2. The molecule has 146 valence electrons. The van der Waals surface area contributed by atoms with Crippen LogP contribution in [0.1, 0.15) is 18.4 Å². The number of rotatable bonds is 5. The molecule has 1 saturated heterocycles. The van der Waals surface area contributed by atoms with Crippen LogP contribution >= 0.6 is 0 Å². The van der Waals surface area contributed by atoms with Crippen molar-refractivity contribution in [3.05, 3.63) is 48.0 Å². The van der Waals surface area contributed by atoms with Crippen molar-refractivity contribution >= 4 is 31.4 Å². The van der Waals surface area contributed by atoms with Crippen molar-refractivity contribution in [3.8, 4) is 5.75 Å². The molecule has 2 aromatic carbocycles. The lowest BCUT2D eigenvalue weighted by Gasteiger charge is -2.28. The summed E-state index contributed by atoms with van der Waals surface area (Å²) >= 11 is 0. The molecule has 0 saturated carbocycles. The van der Waals surface area contributed by atoms with Crippen molar-refractivity contribution in [2.75, 3.05) is 28.4 Å². The molecule has 9 heteroatoms. The predicted octanol–water partition coefficient (Wildman–Crippen LogP) is 2.73. The zero-order valence-corrected chi connectivity index (χ0v) is 16.8. The number of benzene rings is 2. The van der Waals surface area contributed by atoms with Crippen LogP contribution in [0.4, 0.5) is 11.4 Å². The van der Waals surface area contributed by atoms with Crippen LogP contribution in [0.15, 0.2) is 47.4 Å². The number of methoxy groups -OCH3 is 1. The van der Waals surface area contributed by atoms with Gasteiger partial charge in [0, 0.05) is 12.6 Å². The van der Waals surface area contributed by atoms with Gasteiger partial charge in [-0.1, -0.05) is 12.1 Å². The Hall–Kier alpha value is -2.26. The van der Waals surface area contributed by atoms with Gasteiger partial charge >= 0.3 is 0 Å². The van der Waals surface area contributed by atoms with Crippen molar-refractivity contribution in [1.82, 2.24) is 0 Å². The molecule has 1 fully saturated rings. The summed E-state index contributed by atoms with van der Waals surface area (Å²) in [5.74, 6) is 0.602. The van der Waals surface area contributed by atoms with Crippen LogP contribution in [0.5, 0.6) is 5.75 Å². The van der Waals surface area contributed by atoms with E-state index in [1.165, 1.54) is 17.5 Å². The van der Waals surface area contributed by atoms with Gasteiger partial charge in [0.05, 0.1) is 29.1 Å². The fourth-order valence-corrected chi connectivity index (χ4v) is 5.96. The molecule has 0 aliphatic carbocycles. The first kappa shape index (κ1) is 19.5. The maximum absolute atomic E-state index is 12.9. The van der Waals surface area contributed by atoms with Gasteiger partial charge in [-0.05, 0) is 49.6 Å². The molecule has 0 amide bonds. The smallest absolute Gasteiger partial charge is 0.262 e. The molecule has 0 atom stereocenters.